The van der Waals surface area contributed by atoms with Gasteiger partial charge in [0.1, 0.15) is 23.2 Å². The van der Waals surface area contributed by atoms with E-state index in [1.54, 1.807) is 0 Å². The molecule has 0 aliphatic carbocycles. The van der Waals surface area contributed by atoms with Crippen LogP contribution in [-0.2, 0) is 4.74 Å². The van der Waals surface area contributed by atoms with Crippen molar-refractivity contribution in [1.82, 2.24) is 10.6 Å². The third-order valence-corrected chi connectivity index (χ3v) is 6.27. The number of aromatic hydroxyl groups is 2. The van der Waals surface area contributed by atoms with Crippen molar-refractivity contribution in [2.24, 2.45) is 0 Å². The second-order valence-corrected chi connectivity index (χ2v) is 8.80. The van der Waals surface area contributed by atoms with Gasteiger partial charge in [0.05, 0.1) is 18.7 Å². The summed E-state index contributed by atoms with van der Waals surface area (Å²) in [6, 6.07) is 13.1. The lowest BCUT2D eigenvalue weighted by atomic mass is 10.00. The molecule has 1 aliphatic heterocycles. The van der Waals surface area contributed by atoms with Gasteiger partial charge < -0.3 is 30.3 Å². The quantitative estimate of drug-likeness (QED) is 0.275. The number of carbonyl (C=O) groups excluding carboxylic acids is 3. The number of ether oxygens (including phenoxy) is 2. The fourth-order valence-corrected chi connectivity index (χ4v) is 4.20. The normalized spacial score (nSPS) is 17.2. The highest BCUT2D eigenvalue weighted by Crippen LogP contribution is 2.30. The average molecular weight is 523 g/mol. The Kier molecular flexibility index (Phi) is 8.22. The Balaban J connectivity index is 1.46. The summed E-state index contributed by atoms with van der Waals surface area (Å²) in [5.74, 6) is -3.43. The van der Waals surface area contributed by atoms with Crippen molar-refractivity contribution in [1.29, 1.82) is 0 Å². The molecule has 10 heteroatoms. The van der Waals surface area contributed by atoms with E-state index in [1.165, 1.54) is 67.8 Å². The summed E-state index contributed by atoms with van der Waals surface area (Å²) in [5.41, 5.74) is 0.0492. The van der Waals surface area contributed by atoms with Crippen LogP contribution in [0.25, 0.3) is 0 Å². The molecule has 0 spiro atoms. The van der Waals surface area contributed by atoms with Crippen molar-refractivity contribution in [3.05, 3.63) is 88.7 Å². The number of phenolic OH excluding ortho intramolecular Hbond substituents is 2. The molecule has 0 unspecified atom stereocenters. The van der Waals surface area contributed by atoms with E-state index < -0.39 is 41.0 Å². The van der Waals surface area contributed by atoms with E-state index in [4.69, 9.17) is 9.47 Å². The van der Waals surface area contributed by atoms with E-state index in [2.05, 4.69) is 10.6 Å². The first-order valence-electron chi connectivity index (χ1n) is 12.0. The molecule has 4 N–H and O–H groups in total. The molecule has 2 atom stereocenters. The van der Waals surface area contributed by atoms with Crippen LogP contribution in [0.3, 0.4) is 0 Å². The van der Waals surface area contributed by atoms with Crippen LogP contribution in [0, 0.1) is 5.82 Å². The molecule has 38 heavy (non-hydrogen) atoms. The minimum absolute atomic E-state index is 0.0441. The molecule has 0 aromatic heterocycles. The second kappa shape index (κ2) is 11.7. The summed E-state index contributed by atoms with van der Waals surface area (Å²) in [6.07, 6.45) is 0.638. The molecule has 3 aromatic rings. The van der Waals surface area contributed by atoms with Crippen LogP contribution in [0.5, 0.6) is 17.2 Å². The Morgan fingerprint density at radius 1 is 0.947 bits per heavy atom. The first-order chi connectivity index (χ1) is 18.3. The number of nitrogens with one attached hydrogen (secondary N) is 2. The number of hydrogen-bond donors (Lipinski definition) is 4. The minimum Gasteiger partial charge on any atom is -0.508 e. The monoisotopic (exact) mass is 522 g/mol. The number of phenols is 2. The lowest BCUT2D eigenvalue weighted by Gasteiger charge is -2.26. The number of rotatable bonds is 7. The highest BCUT2D eigenvalue weighted by molar-refractivity contribution is 6.11. The van der Waals surface area contributed by atoms with Crippen LogP contribution in [0.1, 0.15) is 49.5 Å². The van der Waals surface area contributed by atoms with Gasteiger partial charge in [0.2, 0.25) is 0 Å². The topological polar surface area (TPSA) is 134 Å². The molecule has 9 nitrogen and oxygen atoms in total. The van der Waals surface area contributed by atoms with Crippen molar-refractivity contribution in [3.8, 4) is 17.2 Å². The summed E-state index contributed by atoms with van der Waals surface area (Å²) in [7, 11) is 1.25. The van der Waals surface area contributed by atoms with E-state index in [9.17, 15) is 29.0 Å². The zero-order valence-electron chi connectivity index (χ0n) is 20.6. The van der Waals surface area contributed by atoms with Gasteiger partial charge in [0.15, 0.2) is 17.3 Å². The number of methoxy groups -OCH3 is 1. The largest absolute Gasteiger partial charge is 0.508 e. The molecule has 0 radical (unpaired) electrons. The average Bonchev–Trinajstić information content (AvgIpc) is 3.14. The first kappa shape index (κ1) is 26.6. The van der Waals surface area contributed by atoms with Gasteiger partial charge in [0.25, 0.3) is 5.91 Å². The maximum atomic E-state index is 14.6. The summed E-state index contributed by atoms with van der Waals surface area (Å²) in [6.45, 7) is 1.09. The molecule has 1 amide bonds. The number of amides is 1. The van der Waals surface area contributed by atoms with E-state index in [0.717, 1.165) is 6.42 Å². The number of ketones is 1. The van der Waals surface area contributed by atoms with Crippen molar-refractivity contribution in [3.63, 3.8) is 0 Å². The molecule has 0 saturated carbocycles. The molecule has 3 aromatic carbocycles. The molecular formula is C28H27FN2O7. The third-order valence-electron chi connectivity index (χ3n) is 6.27. The molecule has 1 saturated heterocycles. The number of hydrogen-bond acceptors (Lipinski definition) is 8. The molecule has 1 fully saturated rings. The molecule has 198 valence electrons. The first-order valence-corrected chi connectivity index (χ1v) is 12.0. The molecule has 1 heterocycles. The van der Waals surface area contributed by atoms with E-state index in [0.29, 0.717) is 25.1 Å². The number of benzene rings is 3. The smallest absolute Gasteiger partial charge is 0.338 e. The Morgan fingerprint density at radius 2 is 1.61 bits per heavy atom. The Bertz CT molecular complexity index is 1330. The lowest BCUT2D eigenvalue weighted by molar-refractivity contribution is 0.0192. The van der Waals surface area contributed by atoms with Gasteiger partial charge >= 0.3 is 5.97 Å². The summed E-state index contributed by atoms with van der Waals surface area (Å²) in [4.78, 5) is 38.5. The SMILES string of the molecule is COc1ccc(O)c(C(=O)c2ccc(C(=O)O[C@@H]3CCCNC[C@H]3NC(=O)c3ccc(O)cc3)cc2)c1F. The lowest BCUT2D eigenvalue weighted by Crippen LogP contribution is -2.49. The van der Waals surface area contributed by atoms with Crippen molar-refractivity contribution in [2.45, 2.75) is 25.0 Å². The van der Waals surface area contributed by atoms with E-state index in [1.807, 2.05) is 0 Å². The van der Waals surface area contributed by atoms with Gasteiger partial charge in [-0.3, -0.25) is 9.59 Å². The molecule has 1 aliphatic rings. The Labute approximate surface area is 218 Å². The summed E-state index contributed by atoms with van der Waals surface area (Å²) in [5, 5.41) is 25.6. The third kappa shape index (κ3) is 5.92. The number of carbonyl (C=O) groups is 3. The highest BCUT2D eigenvalue weighted by atomic mass is 19.1. The fraction of sp³-hybridized carbons (Fsp3) is 0.250. The second-order valence-electron chi connectivity index (χ2n) is 8.80. The predicted octanol–water partition coefficient (Wildman–Crippen LogP) is 3.18. The van der Waals surface area contributed by atoms with Crippen LogP contribution < -0.4 is 15.4 Å². The van der Waals surface area contributed by atoms with E-state index >= 15 is 0 Å². The van der Waals surface area contributed by atoms with Crippen LogP contribution in [0.15, 0.2) is 60.7 Å². The van der Waals surface area contributed by atoms with E-state index in [-0.39, 0.29) is 28.5 Å². The zero-order valence-corrected chi connectivity index (χ0v) is 20.6. The minimum atomic E-state index is -0.983. The van der Waals surface area contributed by atoms with Gasteiger partial charge in [-0.05, 0) is 67.9 Å². The van der Waals surface area contributed by atoms with Crippen molar-refractivity contribution >= 4 is 17.7 Å². The van der Waals surface area contributed by atoms with Crippen LogP contribution in [0.4, 0.5) is 4.39 Å². The van der Waals surface area contributed by atoms with Crippen LogP contribution in [0.2, 0.25) is 0 Å². The Hall–Kier alpha value is -4.44. The summed E-state index contributed by atoms with van der Waals surface area (Å²) < 4.78 is 25.2. The predicted molar refractivity (Wildman–Crippen MR) is 135 cm³/mol. The van der Waals surface area contributed by atoms with Crippen LogP contribution >= 0.6 is 0 Å². The maximum absolute atomic E-state index is 14.6. The van der Waals surface area contributed by atoms with Crippen molar-refractivity contribution in [2.75, 3.05) is 20.2 Å². The molecule has 4 rings (SSSR count). The zero-order chi connectivity index (χ0) is 27.2. The highest BCUT2D eigenvalue weighted by Gasteiger charge is 2.29. The van der Waals surface area contributed by atoms with Crippen LogP contribution in [-0.4, -0.2) is 60.2 Å². The van der Waals surface area contributed by atoms with Gasteiger partial charge in [-0.1, -0.05) is 12.1 Å². The van der Waals surface area contributed by atoms with Gasteiger partial charge in [-0.15, -0.1) is 0 Å². The van der Waals surface area contributed by atoms with Gasteiger partial charge in [-0.25, -0.2) is 9.18 Å². The summed E-state index contributed by atoms with van der Waals surface area (Å²) >= 11 is 0. The fourth-order valence-electron chi connectivity index (χ4n) is 4.20. The number of esters is 1. The van der Waals surface area contributed by atoms with Crippen molar-refractivity contribution < 1.29 is 38.5 Å². The number of halogens is 1. The standard InChI is InChI=1S/C28H27FN2O7/c1-37-23-13-12-21(33)24(25(23)29)26(34)16-4-6-18(7-5-16)28(36)38-22-3-2-14-30-15-20(22)31-27(35)17-8-10-19(32)11-9-17/h4-13,20,22,30,32-33H,2-3,14-15H2,1H3,(H,31,35)/t20-,22-/m1/s1. The Morgan fingerprint density at radius 3 is 2.29 bits per heavy atom. The molecular weight excluding hydrogens is 495 g/mol. The van der Waals surface area contributed by atoms with Gasteiger partial charge in [-0.2, -0.15) is 0 Å². The molecule has 0 bridgehead atoms. The maximum Gasteiger partial charge on any atom is 0.338 e. The van der Waals surface area contributed by atoms with Gasteiger partial charge in [0, 0.05) is 17.7 Å².